The van der Waals surface area contributed by atoms with Crippen LogP contribution in [0.15, 0.2) is 30.5 Å². The van der Waals surface area contributed by atoms with Crippen LogP contribution in [0.2, 0.25) is 5.02 Å². The van der Waals surface area contributed by atoms with E-state index >= 15 is 0 Å². The van der Waals surface area contributed by atoms with Crippen molar-refractivity contribution in [1.82, 2.24) is 14.8 Å². The number of carbonyl (C=O) groups is 2. The number of aromatic nitrogens is 1. The number of halogens is 1. The van der Waals surface area contributed by atoms with Crippen molar-refractivity contribution >= 4 is 29.1 Å². The van der Waals surface area contributed by atoms with Crippen LogP contribution in [0.5, 0.6) is 0 Å². The van der Waals surface area contributed by atoms with Crippen molar-refractivity contribution in [3.8, 4) is 0 Å². The van der Waals surface area contributed by atoms with Crippen molar-refractivity contribution in [3.05, 3.63) is 57.9 Å². The molecule has 3 heterocycles. The summed E-state index contributed by atoms with van der Waals surface area (Å²) in [6.45, 7) is 6.48. The maximum atomic E-state index is 13.0. The van der Waals surface area contributed by atoms with Gasteiger partial charge in [-0.15, -0.1) is 0 Å². The lowest BCUT2D eigenvalue weighted by Crippen LogP contribution is -2.55. The lowest BCUT2D eigenvalue weighted by molar-refractivity contribution is -0.138. The van der Waals surface area contributed by atoms with Gasteiger partial charge >= 0.3 is 0 Å². The zero-order chi connectivity index (χ0) is 23.8. The molecule has 1 aromatic heterocycles. The van der Waals surface area contributed by atoms with Crippen LogP contribution in [-0.2, 0) is 11.3 Å². The van der Waals surface area contributed by atoms with Gasteiger partial charge in [0.05, 0.1) is 5.56 Å². The molecule has 1 aromatic carbocycles. The molecule has 2 saturated heterocycles. The molecule has 6 nitrogen and oxygen atoms in total. The smallest absolute Gasteiger partial charge is 0.257 e. The van der Waals surface area contributed by atoms with E-state index < -0.39 is 0 Å². The Kier molecular flexibility index (Phi) is 6.63. The van der Waals surface area contributed by atoms with Gasteiger partial charge in [0.15, 0.2) is 0 Å². The van der Waals surface area contributed by atoms with Crippen LogP contribution in [0.3, 0.4) is 0 Å². The largest absolute Gasteiger partial charge is 0.334 e. The Hall–Kier alpha value is -2.44. The number of likely N-dealkylation sites (tertiary alicyclic amines) is 1. The molecule has 7 heteroatoms. The van der Waals surface area contributed by atoms with Crippen molar-refractivity contribution in [2.24, 2.45) is 5.92 Å². The fraction of sp³-hybridized carbons (Fsp3) is 0.519. The Morgan fingerprint density at radius 3 is 2.44 bits per heavy atom. The van der Waals surface area contributed by atoms with Crippen LogP contribution in [-0.4, -0.2) is 51.8 Å². The van der Waals surface area contributed by atoms with Crippen molar-refractivity contribution in [1.29, 1.82) is 0 Å². The highest BCUT2D eigenvalue weighted by Gasteiger charge is 2.43. The topological polar surface area (TPSA) is 65.5 Å². The van der Waals surface area contributed by atoms with Crippen molar-refractivity contribution in [3.63, 3.8) is 0 Å². The molecule has 1 saturated carbocycles. The summed E-state index contributed by atoms with van der Waals surface area (Å²) < 4.78 is 0. The zero-order valence-electron chi connectivity index (χ0n) is 20.0. The summed E-state index contributed by atoms with van der Waals surface area (Å²) in [5, 5.41) is 3.62. The predicted molar refractivity (Wildman–Crippen MR) is 134 cm³/mol. The summed E-state index contributed by atoms with van der Waals surface area (Å²) in [5.41, 5.74) is 4.25. The van der Waals surface area contributed by atoms with Gasteiger partial charge in [0.1, 0.15) is 0 Å². The minimum absolute atomic E-state index is 0.194. The molecule has 1 aliphatic carbocycles. The van der Waals surface area contributed by atoms with Crippen molar-refractivity contribution in [2.45, 2.75) is 71.0 Å². The molecule has 2 atom stereocenters. The van der Waals surface area contributed by atoms with Gasteiger partial charge in [-0.2, -0.15) is 0 Å². The first kappa shape index (κ1) is 23.3. The molecule has 2 aromatic rings. The van der Waals surface area contributed by atoms with E-state index in [1.165, 1.54) is 19.3 Å². The van der Waals surface area contributed by atoms with E-state index in [1.54, 1.807) is 18.3 Å². The van der Waals surface area contributed by atoms with E-state index in [0.29, 0.717) is 34.5 Å². The third-order valence-electron chi connectivity index (χ3n) is 7.83. The van der Waals surface area contributed by atoms with Crippen LogP contribution in [0.1, 0.15) is 65.7 Å². The molecule has 3 fully saturated rings. The fourth-order valence-corrected chi connectivity index (χ4v) is 5.88. The molecule has 2 unspecified atom stereocenters. The minimum Gasteiger partial charge on any atom is -0.334 e. The Balaban J connectivity index is 1.26. The van der Waals surface area contributed by atoms with Gasteiger partial charge in [0, 0.05) is 60.7 Å². The maximum Gasteiger partial charge on any atom is 0.257 e. The number of carbonyl (C=O) groups excluding carboxylic acids is 2. The van der Waals surface area contributed by atoms with Crippen molar-refractivity contribution in [2.75, 3.05) is 18.4 Å². The second-order valence-electron chi connectivity index (χ2n) is 10.3. The van der Waals surface area contributed by atoms with E-state index in [9.17, 15) is 9.59 Å². The van der Waals surface area contributed by atoms with E-state index in [4.69, 9.17) is 11.6 Å². The number of hydrogen-bond acceptors (Lipinski definition) is 4. The summed E-state index contributed by atoms with van der Waals surface area (Å²) in [6, 6.07) is 8.05. The lowest BCUT2D eigenvalue weighted by Gasteiger charge is -2.42. The number of anilines is 1. The summed E-state index contributed by atoms with van der Waals surface area (Å²) in [6.07, 6.45) is 8.23. The van der Waals surface area contributed by atoms with Gasteiger partial charge in [-0.3, -0.25) is 19.5 Å². The summed E-state index contributed by atoms with van der Waals surface area (Å²) >= 11 is 6.46. The van der Waals surface area contributed by atoms with Crippen LogP contribution in [0.4, 0.5) is 5.69 Å². The summed E-state index contributed by atoms with van der Waals surface area (Å²) in [5.74, 6) is 0.787. The second-order valence-corrected chi connectivity index (χ2v) is 10.7. The third-order valence-corrected chi connectivity index (χ3v) is 8.05. The molecule has 3 aliphatic rings. The standard InChI is InChI=1S/C27H33ClN4O2/c1-17-6-7-20(13-29-17)27(34)30-25-12-22(28)11-21(18(25)2)14-31-15-23-8-9-24(16-31)32(23)26(33)10-19-4-3-5-19/h6-7,11-13,19,23-24H,3-5,8-10,14-16H2,1-2H3,(H,30,34). The van der Waals surface area contributed by atoms with Crippen LogP contribution >= 0.6 is 11.6 Å². The number of aryl methyl sites for hydroxylation is 1. The molecule has 180 valence electrons. The molecule has 0 spiro atoms. The lowest BCUT2D eigenvalue weighted by atomic mass is 9.82. The van der Waals surface area contributed by atoms with Gasteiger partial charge in [-0.25, -0.2) is 0 Å². The molecule has 2 aliphatic heterocycles. The quantitative estimate of drug-likeness (QED) is 0.634. The zero-order valence-corrected chi connectivity index (χ0v) is 20.8. The number of piperazine rings is 1. The van der Waals surface area contributed by atoms with Gasteiger partial charge in [-0.1, -0.05) is 18.0 Å². The van der Waals surface area contributed by atoms with E-state index in [2.05, 4.69) is 20.1 Å². The number of benzene rings is 1. The highest BCUT2D eigenvalue weighted by atomic mass is 35.5. The molecular weight excluding hydrogens is 448 g/mol. The van der Waals surface area contributed by atoms with Crippen LogP contribution in [0, 0.1) is 19.8 Å². The summed E-state index contributed by atoms with van der Waals surface area (Å²) in [4.78, 5) is 34.6. The van der Waals surface area contributed by atoms with Gasteiger partial charge in [0.2, 0.25) is 5.91 Å². The Morgan fingerprint density at radius 2 is 1.82 bits per heavy atom. The molecule has 34 heavy (non-hydrogen) atoms. The number of nitrogens with zero attached hydrogens (tertiary/aromatic N) is 3. The van der Waals surface area contributed by atoms with Crippen LogP contribution in [0.25, 0.3) is 0 Å². The third kappa shape index (κ3) is 4.84. The first-order valence-electron chi connectivity index (χ1n) is 12.4. The second kappa shape index (κ2) is 9.67. The average molecular weight is 481 g/mol. The van der Waals surface area contributed by atoms with Crippen molar-refractivity contribution < 1.29 is 9.59 Å². The van der Waals surface area contributed by atoms with E-state index in [0.717, 1.165) is 61.4 Å². The number of nitrogens with one attached hydrogen (secondary N) is 1. The normalized spacial score (nSPS) is 22.5. The molecular formula is C27H33ClN4O2. The average Bonchev–Trinajstić information content (AvgIpc) is 3.05. The fourth-order valence-electron chi connectivity index (χ4n) is 5.64. The van der Waals surface area contributed by atoms with E-state index in [-0.39, 0.29) is 5.91 Å². The van der Waals surface area contributed by atoms with Crippen LogP contribution < -0.4 is 5.32 Å². The number of rotatable bonds is 6. The first-order valence-corrected chi connectivity index (χ1v) is 12.8. The number of amides is 2. The predicted octanol–water partition coefficient (Wildman–Crippen LogP) is 4.97. The van der Waals surface area contributed by atoms with Gasteiger partial charge in [-0.05, 0) is 80.8 Å². The van der Waals surface area contributed by atoms with Gasteiger partial charge in [0.25, 0.3) is 5.91 Å². The minimum atomic E-state index is -0.194. The Morgan fingerprint density at radius 1 is 1.09 bits per heavy atom. The highest BCUT2D eigenvalue weighted by molar-refractivity contribution is 6.31. The SMILES string of the molecule is Cc1ccc(C(=O)Nc2cc(Cl)cc(CN3CC4CCC(C3)N4C(=O)CC3CCC3)c2C)cn1. The molecule has 1 N–H and O–H groups in total. The van der Waals surface area contributed by atoms with Gasteiger partial charge < -0.3 is 10.2 Å². The number of hydrogen-bond donors (Lipinski definition) is 1. The molecule has 2 bridgehead atoms. The Bertz CT molecular complexity index is 1070. The first-order chi connectivity index (χ1) is 16.4. The molecule has 5 rings (SSSR count). The monoisotopic (exact) mass is 480 g/mol. The van der Waals surface area contributed by atoms with E-state index in [1.807, 2.05) is 26.0 Å². The summed E-state index contributed by atoms with van der Waals surface area (Å²) in [7, 11) is 0. The molecule has 0 radical (unpaired) electrons. The maximum absolute atomic E-state index is 13.0. The molecule has 2 amide bonds. The Labute approximate surface area is 206 Å². The highest BCUT2D eigenvalue weighted by Crippen LogP contribution is 2.36. The number of fused-ring (bicyclic) bond motifs is 2. The number of pyridine rings is 1.